The van der Waals surface area contributed by atoms with Gasteiger partial charge in [0.2, 0.25) is 0 Å². The van der Waals surface area contributed by atoms with Gasteiger partial charge in [0.25, 0.3) is 0 Å². The van der Waals surface area contributed by atoms with E-state index in [-0.39, 0.29) is 10.0 Å². The van der Waals surface area contributed by atoms with Crippen LogP contribution in [-0.2, 0) is 6.42 Å². The highest BCUT2D eigenvalue weighted by Crippen LogP contribution is 2.28. The molecule has 2 aromatic carbocycles. The summed E-state index contributed by atoms with van der Waals surface area (Å²) in [5, 5.41) is 0. The molecule has 0 saturated carbocycles. The van der Waals surface area contributed by atoms with Gasteiger partial charge in [-0.15, -0.1) is 0 Å². The van der Waals surface area contributed by atoms with E-state index in [1.165, 1.54) is 12.1 Å². The topological polar surface area (TPSA) is 35.2 Å². The summed E-state index contributed by atoms with van der Waals surface area (Å²) in [6.45, 7) is 0. The molecule has 0 aromatic heterocycles. The first-order chi connectivity index (χ1) is 9.52. The van der Waals surface area contributed by atoms with Crippen molar-refractivity contribution in [1.29, 1.82) is 0 Å². The van der Waals surface area contributed by atoms with Gasteiger partial charge < -0.3 is 10.5 Å². The van der Waals surface area contributed by atoms with Gasteiger partial charge in [-0.1, -0.05) is 12.1 Å². The average molecular weight is 342 g/mol. The lowest BCUT2D eigenvalue weighted by Crippen LogP contribution is -2.17. The second-order valence-electron chi connectivity index (χ2n) is 4.42. The zero-order valence-corrected chi connectivity index (χ0v) is 12.5. The van der Waals surface area contributed by atoms with Crippen molar-refractivity contribution in [2.24, 2.45) is 5.73 Å². The quantitative estimate of drug-likeness (QED) is 0.853. The van der Waals surface area contributed by atoms with Crippen LogP contribution in [0.3, 0.4) is 0 Å². The number of rotatable bonds is 4. The smallest absolute Gasteiger partial charge is 0.145 e. The van der Waals surface area contributed by atoms with Crippen LogP contribution in [-0.4, -0.2) is 7.11 Å². The van der Waals surface area contributed by atoms with E-state index < -0.39 is 17.7 Å². The Kier molecular flexibility index (Phi) is 4.73. The van der Waals surface area contributed by atoms with Gasteiger partial charge in [-0.05, 0) is 52.2 Å². The SMILES string of the molecule is COc1cccc(CC(N)c2c(F)ccc(Br)c2F)c1. The third-order valence-corrected chi connectivity index (χ3v) is 3.65. The molecule has 0 spiro atoms. The molecule has 1 unspecified atom stereocenters. The fourth-order valence-electron chi connectivity index (χ4n) is 2.04. The molecule has 0 fully saturated rings. The van der Waals surface area contributed by atoms with Crippen molar-refractivity contribution in [3.8, 4) is 5.75 Å². The lowest BCUT2D eigenvalue weighted by molar-refractivity contribution is 0.414. The van der Waals surface area contributed by atoms with Crippen LogP contribution in [0.2, 0.25) is 0 Å². The molecule has 0 bridgehead atoms. The summed E-state index contributed by atoms with van der Waals surface area (Å²) in [5.74, 6) is -0.605. The van der Waals surface area contributed by atoms with Crippen LogP contribution in [0.25, 0.3) is 0 Å². The molecule has 5 heteroatoms. The molecule has 0 heterocycles. The highest BCUT2D eigenvalue weighted by molar-refractivity contribution is 9.10. The minimum absolute atomic E-state index is 0.109. The standard InChI is InChI=1S/C15H14BrF2NO/c1-20-10-4-2-3-9(7-10)8-13(19)14-12(17)6-5-11(16)15(14)18/h2-7,13H,8,19H2,1H3. The summed E-state index contributed by atoms with van der Waals surface area (Å²) >= 11 is 3.04. The second-order valence-corrected chi connectivity index (χ2v) is 5.27. The van der Waals surface area contributed by atoms with E-state index in [9.17, 15) is 8.78 Å². The van der Waals surface area contributed by atoms with E-state index in [1.807, 2.05) is 12.1 Å². The molecule has 0 aliphatic heterocycles. The van der Waals surface area contributed by atoms with Crippen LogP contribution in [0.1, 0.15) is 17.2 Å². The molecule has 2 N–H and O–H groups in total. The summed E-state index contributed by atoms with van der Waals surface area (Å²) in [6, 6.07) is 9.02. The molecule has 2 nitrogen and oxygen atoms in total. The fraction of sp³-hybridized carbons (Fsp3) is 0.200. The van der Waals surface area contributed by atoms with Crippen molar-refractivity contribution in [3.05, 3.63) is 63.6 Å². The monoisotopic (exact) mass is 341 g/mol. The maximum Gasteiger partial charge on any atom is 0.145 e. The van der Waals surface area contributed by atoms with Crippen molar-refractivity contribution in [2.75, 3.05) is 7.11 Å². The lowest BCUT2D eigenvalue weighted by Gasteiger charge is -2.15. The van der Waals surface area contributed by atoms with Crippen molar-refractivity contribution in [3.63, 3.8) is 0 Å². The summed E-state index contributed by atoms with van der Waals surface area (Å²) < 4.78 is 33.0. The minimum atomic E-state index is -0.764. The van der Waals surface area contributed by atoms with E-state index >= 15 is 0 Å². The van der Waals surface area contributed by atoms with Crippen LogP contribution < -0.4 is 10.5 Å². The molecule has 0 saturated heterocycles. The zero-order valence-electron chi connectivity index (χ0n) is 10.9. The molecular formula is C15H14BrF2NO. The summed E-state index contributed by atoms with van der Waals surface area (Å²) in [5.41, 5.74) is 6.70. The third kappa shape index (κ3) is 3.16. The Morgan fingerprint density at radius 1 is 1.25 bits per heavy atom. The Bertz CT molecular complexity index is 619. The van der Waals surface area contributed by atoms with Crippen LogP contribution in [0.4, 0.5) is 8.78 Å². The number of ether oxygens (including phenoxy) is 1. The van der Waals surface area contributed by atoms with Gasteiger partial charge in [-0.2, -0.15) is 0 Å². The minimum Gasteiger partial charge on any atom is -0.497 e. The maximum absolute atomic E-state index is 14.0. The van der Waals surface area contributed by atoms with Crippen molar-refractivity contribution in [1.82, 2.24) is 0 Å². The van der Waals surface area contributed by atoms with Gasteiger partial charge in [0.1, 0.15) is 17.4 Å². The first-order valence-electron chi connectivity index (χ1n) is 6.05. The Morgan fingerprint density at radius 3 is 2.70 bits per heavy atom. The zero-order chi connectivity index (χ0) is 14.7. The predicted octanol–water partition coefficient (Wildman–Crippen LogP) is 3.98. The van der Waals surface area contributed by atoms with E-state index in [0.717, 1.165) is 5.56 Å². The molecule has 0 amide bonds. The summed E-state index contributed by atoms with van der Waals surface area (Å²) in [6.07, 6.45) is 0.321. The van der Waals surface area contributed by atoms with Crippen molar-refractivity contribution >= 4 is 15.9 Å². The van der Waals surface area contributed by atoms with Crippen molar-refractivity contribution < 1.29 is 13.5 Å². The molecule has 106 valence electrons. The first kappa shape index (κ1) is 14.9. The summed E-state index contributed by atoms with van der Waals surface area (Å²) in [7, 11) is 1.56. The highest BCUT2D eigenvalue weighted by atomic mass is 79.9. The van der Waals surface area contributed by atoms with E-state index in [1.54, 1.807) is 19.2 Å². The predicted molar refractivity (Wildman–Crippen MR) is 77.7 cm³/mol. The maximum atomic E-state index is 14.0. The van der Waals surface area contributed by atoms with Gasteiger partial charge >= 0.3 is 0 Å². The van der Waals surface area contributed by atoms with Crippen LogP contribution >= 0.6 is 15.9 Å². The number of methoxy groups -OCH3 is 1. The van der Waals surface area contributed by atoms with Crippen LogP contribution in [0, 0.1) is 11.6 Å². The van der Waals surface area contributed by atoms with Gasteiger partial charge in [-0.25, -0.2) is 8.78 Å². The Labute approximate surface area is 124 Å². The molecule has 1 atom stereocenters. The van der Waals surface area contributed by atoms with Crippen LogP contribution in [0.5, 0.6) is 5.75 Å². The number of nitrogens with two attached hydrogens (primary N) is 1. The molecule has 2 aromatic rings. The van der Waals surface area contributed by atoms with E-state index in [4.69, 9.17) is 10.5 Å². The summed E-state index contributed by atoms with van der Waals surface area (Å²) in [4.78, 5) is 0. The number of hydrogen-bond acceptors (Lipinski definition) is 2. The Morgan fingerprint density at radius 2 is 2.00 bits per heavy atom. The number of benzene rings is 2. The Balaban J connectivity index is 2.28. The van der Waals surface area contributed by atoms with Gasteiger partial charge in [0.15, 0.2) is 0 Å². The Hall–Kier alpha value is -1.46. The second kappa shape index (κ2) is 6.33. The normalized spacial score (nSPS) is 12.2. The molecule has 20 heavy (non-hydrogen) atoms. The average Bonchev–Trinajstić information content (AvgIpc) is 2.43. The number of halogens is 3. The lowest BCUT2D eigenvalue weighted by atomic mass is 9.98. The molecule has 0 radical (unpaired) electrons. The van der Waals surface area contributed by atoms with E-state index in [0.29, 0.717) is 12.2 Å². The van der Waals surface area contributed by atoms with Gasteiger partial charge in [0, 0.05) is 11.6 Å². The first-order valence-corrected chi connectivity index (χ1v) is 6.84. The molecule has 0 aliphatic carbocycles. The molecule has 0 aliphatic rings. The number of hydrogen-bond donors (Lipinski definition) is 1. The van der Waals surface area contributed by atoms with E-state index in [2.05, 4.69) is 15.9 Å². The fourth-order valence-corrected chi connectivity index (χ4v) is 2.38. The largest absolute Gasteiger partial charge is 0.497 e. The molecule has 2 rings (SSSR count). The third-order valence-electron chi connectivity index (χ3n) is 3.04. The molecular weight excluding hydrogens is 328 g/mol. The van der Waals surface area contributed by atoms with Gasteiger partial charge in [0.05, 0.1) is 11.6 Å². The van der Waals surface area contributed by atoms with Crippen molar-refractivity contribution in [2.45, 2.75) is 12.5 Å². The van der Waals surface area contributed by atoms with Crippen LogP contribution in [0.15, 0.2) is 40.9 Å². The van der Waals surface area contributed by atoms with Gasteiger partial charge in [-0.3, -0.25) is 0 Å². The highest BCUT2D eigenvalue weighted by Gasteiger charge is 2.19.